The Kier molecular flexibility index (Phi) is 7.57. The summed E-state index contributed by atoms with van der Waals surface area (Å²) in [6.45, 7) is 2.36. The number of halogens is 2. The molecule has 0 radical (unpaired) electrons. The van der Waals surface area contributed by atoms with E-state index in [1.54, 1.807) is 21.7 Å². The van der Waals surface area contributed by atoms with Crippen LogP contribution in [0.25, 0.3) is 34.4 Å². The molecular weight excluding hydrogens is 644 g/mol. The minimum Gasteiger partial charge on any atom is -1.00 e. The van der Waals surface area contributed by atoms with Crippen LogP contribution in [0.2, 0.25) is 0 Å². The maximum Gasteiger partial charge on any atom is -1.00 e. The second-order valence-electron chi connectivity index (χ2n) is 9.66. The normalized spacial score (nSPS) is 19.5. The summed E-state index contributed by atoms with van der Waals surface area (Å²) in [5, 5.41) is 3.41. The van der Waals surface area contributed by atoms with Crippen molar-refractivity contribution in [3.63, 3.8) is 0 Å². The summed E-state index contributed by atoms with van der Waals surface area (Å²) in [4.78, 5) is 0. The predicted octanol–water partition coefficient (Wildman–Crippen LogP) is 2.81. The van der Waals surface area contributed by atoms with Crippen molar-refractivity contribution in [1.29, 1.82) is 0 Å². The van der Waals surface area contributed by atoms with Gasteiger partial charge in [0.25, 0.3) is 0 Å². The minimum atomic E-state index is -1.13. The molecule has 4 heteroatoms. The molecule has 1 heterocycles. The summed E-state index contributed by atoms with van der Waals surface area (Å²) in [5.41, 5.74) is 11.9. The van der Waals surface area contributed by atoms with Crippen LogP contribution in [0, 0.1) is 0 Å². The van der Waals surface area contributed by atoms with Crippen LogP contribution >= 0.6 is 7.92 Å². The predicted molar refractivity (Wildman–Crippen MR) is 148 cm³/mol. The van der Waals surface area contributed by atoms with E-state index in [0.717, 1.165) is 0 Å². The van der Waals surface area contributed by atoms with Gasteiger partial charge in [0.2, 0.25) is 0 Å². The van der Waals surface area contributed by atoms with Gasteiger partial charge in [-0.2, -0.15) is 0 Å². The summed E-state index contributed by atoms with van der Waals surface area (Å²) in [5.74, 6) is 0. The Morgan fingerprint density at radius 1 is 0.703 bits per heavy atom. The molecule has 0 nitrogen and oxygen atoms in total. The third-order valence-electron chi connectivity index (χ3n) is 7.64. The van der Waals surface area contributed by atoms with Crippen LogP contribution in [0.4, 0.5) is 0 Å². The van der Waals surface area contributed by atoms with Gasteiger partial charge in [-0.3, -0.25) is 0 Å². The summed E-state index contributed by atoms with van der Waals surface area (Å²) in [7, 11) is -0.261. The maximum absolute atomic E-state index is 2.64. The average molecular weight is 671 g/mol. The fourth-order valence-electron chi connectivity index (χ4n) is 6.11. The molecule has 0 fully saturated rings. The van der Waals surface area contributed by atoms with Crippen LogP contribution in [-0.4, -0.2) is 6.16 Å². The van der Waals surface area contributed by atoms with Crippen molar-refractivity contribution in [2.24, 2.45) is 0 Å². The number of fused-ring (bicyclic) bond motifs is 3. The van der Waals surface area contributed by atoms with E-state index in [-0.39, 0.29) is 17.3 Å². The zero-order valence-electron chi connectivity index (χ0n) is 20.7. The summed E-state index contributed by atoms with van der Waals surface area (Å²) in [6, 6.07) is 34.3. The van der Waals surface area contributed by atoms with E-state index >= 15 is 0 Å². The van der Waals surface area contributed by atoms with Crippen molar-refractivity contribution < 1.29 is 32.3 Å². The topological polar surface area (TPSA) is 0 Å². The molecule has 37 heavy (non-hydrogen) atoms. The zero-order valence-corrected chi connectivity index (χ0v) is 25.2. The van der Waals surface area contributed by atoms with Crippen LogP contribution in [-0.2, 0) is 22.9 Å². The van der Waals surface area contributed by atoms with Crippen LogP contribution in [0.3, 0.4) is 0 Å². The van der Waals surface area contributed by atoms with Crippen molar-refractivity contribution in [3.05, 3.63) is 125 Å². The smallest absolute Gasteiger partial charge is 1.00 e. The molecule has 0 N–H and O–H groups in total. The van der Waals surface area contributed by atoms with Gasteiger partial charge in [-0.1, -0.05) is 0 Å². The van der Waals surface area contributed by atoms with Gasteiger partial charge in [0.15, 0.2) is 0 Å². The fraction of sp³-hybridized carbons (Fsp3) is 0.152. The van der Waals surface area contributed by atoms with Gasteiger partial charge in [-0.15, -0.1) is 0 Å². The van der Waals surface area contributed by atoms with Crippen LogP contribution in [0.1, 0.15) is 42.9 Å². The van der Waals surface area contributed by atoms with Crippen molar-refractivity contribution in [1.82, 2.24) is 0 Å². The molecule has 0 aromatic heterocycles. The molecule has 3 unspecified atom stereocenters. The second-order valence-corrected chi connectivity index (χ2v) is 17.5. The molecule has 4 aromatic rings. The molecule has 3 aliphatic rings. The molecule has 2 bridgehead atoms. The van der Waals surface area contributed by atoms with Gasteiger partial charge in [0.1, 0.15) is 0 Å². The summed E-state index contributed by atoms with van der Waals surface area (Å²) in [6.07, 6.45) is 10.2. The van der Waals surface area contributed by atoms with Crippen molar-refractivity contribution in [2.45, 2.75) is 20.7 Å². The molecule has 2 aliphatic carbocycles. The Balaban J connectivity index is 0.00000140. The van der Waals surface area contributed by atoms with Gasteiger partial charge < -0.3 is 9.41 Å². The largest absolute Gasteiger partial charge is 1.00 e. The molecule has 0 saturated heterocycles. The third-order valence-corrected chi connectivity index (χ3v) is 17.9. The Labute approximate surface area is 230 Å². The minimum absolute atomic E-state index is 0. The standard InChI is InChI=1S/C18H16P.C15H11.2FH.Hf/c1-2-10-19-14-11-13-6-5-8-15(17(13)12-14)16-7-3-4-9-18(16)19;1-2-6-12(7-3-1)14-10-4-8-13-9-5-11-15(13)14;;;/h3-9,11-12H,2,10H2,1H3;1-11H;2*1H;/q;;;;+2/p-2. The van der Waals surface area contributed by atoms with Gasteiger partial charge >= 0.3 is 222 Å². The Morgan fingerprint density at radius 3 is 2.22 bits per heavy atom. The van der Waals surface area contributed by atoms with Crippen LogP contribution in [0.5, 0.6) is 0 Å². The van der Waals surface area contributed by atoms with Gasteiger partial charge in [0, 0.05) is 0 Å². The maximum atomic E-state index is 2.64. The first-order chi connectivity index (χ1) is 17.3. The van der Waals surface area contributed by atoms with E-state index in [9.17, 15) is 0 Å². The van der Waals surface area contributed by atoms with Gasteiger partial charge in [0.05, 0.1) is 0 Å². The molecular formula is C33H27F2HfP. The Morgan fingerprint density at radius 2 is 1.41 bits per heavy atom. The van der Waals surface area contributed by atoms with Gasteiger partial charge in [-0.05, 0) is 0 Å². The van der Waals surface area contributed by atoms with E-state index in [1.807, 2.05) is 0 Å². The molecule has 7 rings (SSSR count). The van der Waals surface area contributed by atoms with Crippen LogP contribution < -0.4 is 14.7 Å². The first-order valence-corrected chi connectivity index (χ1v) is 18.3. The molecule has 182 valence electrons. The number of hydrogen-bond acceptors (Lipinski definition) is 0. The molecule has 3 atom stereocenters. The van der Waals surface area contributed by atoms with Crippen molar-refractivity contribution in [2.75, 3.05) is 6.16 Å². The van der Waals surface area contributed by atoms with E-state index in [1.165, 1.54) is 46.0 Å². The van der Waals surface area contributed by atoms with Gasteiger partial charge in [-0.25, -0.2) is 0 Å². The zero-order chi connectivity index (χ0) is 23.4. The first-order valence-electron chi connectivity index (χ1n) is 12.7. The van der Waals surface area contributed by atoms with Crippen molar-refractivity contribution >= 4 is 25.4 Å². The molecule has 0 spiro atoms. The Bertz CT molecular complexity index is 1510. The quantitative estimate of drug-likeness (QED) is 0.227. The molecule has 1 aliphatic heterocycles. The SMILES string of the molecule is CCCP1C2=Cc3c(cccc3[CH]2[Hf+2][CH]2C=Cc3c(-c4ccccc4)cccc32)-c2ccccc21.[F-].[F-]. The number of benzene rings is 4. The number of rotatable bonds is 5. The summed E-state index contributed by atoms with van der Waals surface area (Å²) >= 11 is -1.13. The van der Waals surface area contributed by atoms with Crippen molar-refractivity contribution in [3.8, 4) is 22.3 Å². The average Bonchev–Trinajstić information content (AvgIpc) is 3.46. The van der Waals surface area contributed by atoms with E-state index in [0.29, 0.717) is 7.35 Å². The molecule has 4 aromatic carbocycles. The molecule has 0 saturated carbocycles. The number of hydrogen-bond donors (Lipinski definition) is 0. The second kappa shape index (κ2) is 10.7. The first kappa shape index (κ1) is 26.1. The monoisotopic (exact) mass is 672 g/mol. The number of allylic oxidation sites excluding steroid dienone is 2. The third kappa shape index (κ3) is 4.25. The van der Waals surface area contributed by atoms with Crippen LogP contribution in [0.15, 0.2) is 102 Å². The fourth-order valence-corrected chi connectivity index (χ4v) is 17.2. The Hall–Kier alpha value is -2.48. The molecule has 0 amide bonds. The summed E-state index contributed by atoms with van der Waals surface area (Å²) < 4.78 is 1.36. The van der Waals surface area contributed by atoms with E-state index in [2.05, 4.69) is 116 Å². The van der Waals surface area contributed by atoms with E-state index < -0.39 is 22.9 Å². The van der Waals surface area contributed by atoms with E-state index in [4.69, 9.17) is 0 Å².